The average molecular weight is 272 g/mol. The highest BCUT2D eigenvalue weighted by Gasteiger charge is 2.29. The molecule has 0 spiro atoms. The number of nitrogens with two attached hydrogens (primary N) is 1. The van der Waals surface area contributed by atoms with Gasteiger partial charge in [0.05, 0.1) is 18.2 Å². The molecule has 2 heterocycles. The number of rotatable bonds is 2. The monoisotopic (exact) mass is 272 g/mol. The number of aliphatic hydroxyl groups excluding tert-OH is 1. The van der Waals surface area contributed by atoms with Crippen LogP contribution in [0.15, 0.2) is 30.3 Å². The van der Waals surface area contributed by atoms with Crippen LogP contribution in [0.3, 0.4) is 0 Å². The van der Waals surface area contributed by atoms with Crippen molar-refractivity contribution in [1.29, 1.82) is 0 Å². The molecule has 0 bridgehead atoms. The highest BCUT2D eigenvalue weighted by atomic mass is 16.5. The third-order valence-electron chi connectivity index (χ3n) is 3.71. The third kappa shape index (κ3) is 2.26. The lowest BCUT2D eigenvalue weighted by molar-refractivity contribution is -0.0206. The molecule has 20 heavy (non-hydrogen) atoms. The Balaban J connectivity index is 2.16. The van der Waals surface area contributed by atoms with Gasteiger partial charge in [-0.15, -0.1) is 0 Å². The van der Waals surface area contributed by atoms with Gasteiger partial charge in [-0.25, -0.2) is 4.98 Å². The highest BCUT2D eigenvalue weighted by Crippen LogP contribution is 2.31. The zero-order valence-electron chi connectivity index (χ0n) is 11.0. The molecule has 1 fully saturated rings. The first-order valence-corrected chi connectivity index (χ1v) is 6.62. The molecule has 0 radical (unpaired) electrons. The Kier molecular flexibility index (Phi) is 3.38. The molecule has 5 heteroatoms. The van der Waals surface area contributed by atoms with E-state index < -0.39 is 12.0 Å². The van der Waals surface area contributed by atoms with Gasteiger partial charge >= 0.3 is 0 Å². The fourth-order valence-electron chi connectivity index (χ4n) is 2.70. The molecule has 0 aliphatic carbocycles. The van der Waals surface area contributed by atoms with E-state index in [1.807, 2.05) is 30.3 Å². The zero-order valence-corrected chi connectivity index (χ0v) is 11.0. The highest BCUT2D eigenvalue weighted by molar-refractivity contribution is 5.95. The molecule has 1 aliphatic rings. The van der Waals surface area contributed by atoms with Crippen LogP contribution in [0.25, 0.3) is 10.9 Å². The summed E-state index contributed by atoms with van der Waals surface area (Å²) in [6.45, 7) is 0.836. The van der Waals surface area contributed by atoms with Crippen molar-refractivity contribution >= 4 is 16.8 Å². The van der Waals surface area contributed by atoms with E-state index in [0.29, 0.717) is 18.6 Å². The van der Waals surface area contributed by atoms with Gasteiger partial charge in [-0.3, -0.25) is 4.79 Å². The molecule has 1 saturated heterocycles. The summed E-state index contributed by atoms with van der Waals surface area (Å²) in [4.78, 5) is 16.0. The zero-order chi connectivity index (χ0) is 14.1. The minimum absolute atomic E-state index is 0.164. The number of hydrogen-bond donors (Lipinski definition) is 2. The number of aromatic nitrogens is 1. The molecule has 104 valence electrons. The maximum atomic E-state index is 11.7. The van der Waals surface area contributed by atoms with Crippen LogP contribution in [-0.4, -0.2) is 35.3 Å². The van der Waals surface area contributed by atoms with Gasteiger partial charge in [0.2, 0.25) is 0 Å². The van der Waals surface area contributed by atoms with Crippen molar-refractivity contribution < 1.29 is 14.6 Å². The number of ether oxygens (including phenoxy) is 1. The number of hydrogen-bond acceptors (Lipinski definition) is 4. The average Bonchev–Trinajstić information content (AvgIpc) is 2.46. The van der Waals surface area contributed by atoms with Crippen LogP contribution in [0.1, 0.15) is 28.4 Å². The Bertz CT molecular complexity index is 657. The van der Waals surface area contributed by atoms with E-state index in [2.05, 4.69) is 4.98 Å². The van der Waals surface area contributed by atoms with Gasteiger partial charge < -0.3 is 15.6 Å². The smallest absolute Gasteiger partial charge is 0.267 e. The van der Waals surface area contributed by atoms with Crippen LogP contribution in [0, 0.1) is 0 Å². The number of fused-ring (bicyclic) bond motifs is 1. The fraction of sp³-hybridized carbons (Fsp3) is 0.333. The summed E-state index contributed by atoms with van der Waals surface area (Å²) in [6, 6.07) is 9.46. The van der Waals surface area contributed by atoms with Crippen LogP contribution in [-0.2, 0) is 4.74 Å². The standard InChI is InChI=1S/C15H16N2O3/c16-15(19)14-11(10-5-6-20-8-13(10)18)7-9-3-1-2-4-12(9)17-14/h1-4,7,10,13,18H,5-6,8H2,(H2,16,19)/t10-,13-/m0/s1. The predicted molar refractivity (Wildman–Crippen MR) is 74.4 cm³/mol. The summed E-state index contributed by atoms with van der Waals surface area (Å²) in [6.07, 6.45) is 0.0198. The lowest BCUT2D eigenvalue weighted by Gasteiger charge is -2.29. The van der Waals surface area contributed by atoms with Crippen molar-refractivity contribution in [2.24, 2.45) is 5.73 Å². The lowest BCUT2D eigenvalue weighted by atomic mass is 9.87. The lowest BCUT2D eigenvalue weighted by Crippen LogP contribution is -2.32. The van der Waals surface area contributed by atoms with Crippen molar-refractivity contribution in [3.05, 3.63) is 41.6 Å². The number of pyridine rings is 1. The fourth-order valence-corrected chi connectivity index (χ4v) is 2.70. The minimum Gasteiger partial charge on any atom is -0.390 e. The molecule has 0 saturated carbocycles. The summed E-state index contributed by atoms with van der Waals surface area (Å²) in [5.74, 6) is -0.729. The maximum Gasteiger partial charge on any atom is 0.267 e. The molecular weight excluding hydrogens is 256 g/mol. The van der Waals surface area contributed by atoms with Crippen LogP contribution in [0.5, 0.6) is 0 Å². The van der Waals surface area contributed by atoms with E-state index in [1.54, 1.807) is 0 Å². The van der Waals surface area contributed by atoms with Crippen molar-refractivity contribution in [3.8, 4) is 0 Å². The van der Waals surface area contributed by atoms with E-state index in [0.717, 1.165) is 10.9 Å². The Labute approximate surface area is 116 Å². The predicted octanol–water partition coefficient (Wildman–Crippen LogP) is 1.20. The van der Waals surface area contributed by atoms with Gasteiger partial charge in [0.15, 0.2) is 0 Å². The first-order chi connectivity index (χ1) is 9.66. The Hall–Kier alpha value is -1.98. The normalized spacial score (nSPS) is 22.9. The second-order valence-corrected chi connectivity index (χ2v) is 5.02. The number of aliphatic hydroxyl groups is 1. The molecule has 1 aliphatic heterocycles. The number of amides is 1. The molecule has 2 atom stereocenters. The van der Waals surface area contributed by atoms with Crippen molar-refractivity contribution in [2.45, 2.75) is 18.4 Å². The third-order valence-corrected chi connectivity index (χ3v) is 3.71. The topological polar surface area (TPSA) is 85.4 Å². The summed E-state index contributed by atoms with van der Waals surface area (Å²) < 4.78 is 5.23. The summed E-state index contributed by atoms with van der Waals surface area (Å²) in [7, 11) is 0. The van der Waals surface area contributed by atoms with Gasteiger partial charge in [-0.05, 0) is 24.1 Å². The number of nitrogens with zero attached hydrogens (tertiary/aromatic N) is 1. The van der Waals surface area contributed by atoms with Crippen molar-refractivity contribution in [2.75, 3.05) is 13.2 Å². The van der Waals surface area contributed by atoms with Crippen LogP contribution in [0.2, 0.25) is 0 Å². The SMILES string of the molecule is NC(=O)c1nc2ccccc2cc1[C@@H]1CCOC[C@@H]1O. The van der Waals surface area contributed by atoms with Gasteiger partial charge in [0.1, 0.15) is 5.69 Å². The van der Waals surface area contributed by atoms with Crippen molar-refractivity contribution in [1.82, 2.24) is 4.98 Å². The van der Waals surface area contributed by atoms with Crippen molar-refractivity contribution in [3.63, 3.8) is 0 Å². The van der Waals surface area contributed by atoms with Gasteiger partial charge in [0, 0.05) is 17.9 Å². The van der Waals surface area contributed by atoms with Crippen LogP contribution >= 0.6 is 0 Å². The largest absolute Gasteiger partial charge is 0.390 e. The molecule has 1 aromatic heterocycles. The molecule has 1 amide bonds. The van der Waals surface area contributed by atoms with E-state index in [9.17, 15) is 9.90 Å². The van der Waals surface area contributed by atoms with Crippen LogP contribution in [0.4, 0.5) is 0 Å². The number of carbonyl (C=O) groups is 1. The Morgan fingerprint density at radius 2 is 2.20 bits per heavy atom. The quantitative estimate of drug-likeness (QED) is 0.860. The molecule has 2 aromatic rings. The van der Waals surface area contributed by atoms with Gasteiger partial charge in [-0.1, -0.05) is 18.2 Å². The summed E-state index contributed by atoms with van der Waals surface area (Å²) in [5, 5.41) is 11.0. The number of benzene rings is 1. The minimum atomic E-state index is -0.634. The number of carbonyl (C=O) groups excluding carboxylic acids is 1. The molecule has 5 nitrogen and oxygen atoms in total. The van der Waals surface area contributed by atoms with E-state index >= 15 is 0 Å². The van der Waals surface area contributed by atoms with Gasteiger partial charge in [0.25, 0.3) is 5.91 Å². The Morgan fingerprint density at radius 3 is 2.95 bits per heavy atom. The van der Waals surface area contributed by atoms with E-state index in [4.69, 9.17) is 10.5 Å². The first-order valence-electron chi connectivity index (χ1n) is 6.62. The summed E-state index contributed by atoms with van der Waals surface area (Å²) >= 11 is 0. The number of primary amides is 1. The number of para-hydroxylation sites is 1. The van der Waals surface area contributed by atoms with E-state index in [1.165, 1.54) is 0 Å². The molecule has 1 aromatic carbocycles. The second-order valence-electron chi connectivity index (χ2n) is 5.02. The van der Waals surface area contributed by atoms with Gasteiger partial charge in [-0.2, -0.15) is 0 Å². The second kappa shape index (κ2) is 5.19. The molecule has 3 N–H and O–H groups in total. The van der Waals surface area contributed by atoms with Crippen LogP contribution < -0.4 is 5.73 Å². The molecule has 3 rings (SSSR count). The Morgan fingerprint density at radius 1 is 1.40 bits per heavy atom. The van der Waals surface area contributed by atoms with E-state index in [-0.39, 0.29) is 18.2 Å². The molecular formula is C15H16N2O3. The summed E-state index contributed by atoms with van der Waals surface area (Å²) in [5.41, 5.74) is 7.13. The first kappa shape index (κ1) is 13.0. The maximum absolute atomic E-state index is 11.7. The molecule has 0 unspecified atom stereocenters.